The maximum Gasteiger partial charge on any atom is 0.291 e. The lowest BCUT2D eigenvalue weighted by atomic mass is 10.0. The number of para-hydroxylation sites is 1. The Hall–Kier alpha value is -5.08. The van der Waals surface area contributed by atoms with E-state index in [9.17, 15) is 4.79 Å². The van der Waals surface area contributed by atoms with E-state index in [1.54, 1.807) is 0 Å². The summed E-state index contributed by atoms with van der Waals surface area (Å²) in [4.78, 5) is 18.7. The second-order valence-electron chi connectivity index (χ2n) is 10.0. The Morgan fingerprint density at radius 1 is 0.857 bits per heavy atom. The summed E-state index contributed by atoms with van der Waals surface area (Å²) in [7, 11) is 0. The summed E-state index contributed by atoms with van der Waals surface area (Å²) in [6.07, 6.45) is 5.96. The highest BCUT2D eigenvalue weighted by atomic mass is 32.1. The molecule has 0 fully saturated rings. The Morgan fingerprint density at radius 3 is 2.40 bits per heavy atom. The van der Waals surface area contributed by atoms with Gasteiger partial charge < -0.3 is 4.74 Å². The molecular weight excluding hydrogens is 542 g/mol. The fourth-order valence-electron chi connectivity index (χ4n) is 4.90. The normalized spacial score (nSPS) is 12.0. The molecule has 0 aliphatic carbocycles. The molecule has 0 aliphatic rings. The minimum absolute atomic E-state index is 0.204. The van der Waals surface area contributed by atoms with Crippen molar-refractivity contribution in [3.63, 3.8) is 0 Å². The Labute approximate surface area is 246 Å². The molecule has 0 unspecified atom stereocenters. The lowest BCUT2D eigenvalue weighted by Gasteiger charge is -2.05. The fourth-order valence-corrected chi connectivity index (χ4v) is 5.80. The first-order chi connectivity index (χ1) is 20.7. The number of ether oxygens (including phenoxy) is 1. The molecule has 0 atom stereocenters. The van der Waals surface area contributed by atoms with E-state index in [1.165, 1.54) is 15.9 Å². The molecule has 0 saturated heterocycles. The van der Waals surface area contributed by atoms with Gasteiger partial charge in [-0.2, -0.15) is 14.6 Å². The topological polar surface area (TPSA) is 74.3 Å². The van der Waals surface area contributed by atoms with Gasteiger partial charge in [-0.1, -0.05) is 79.3 Å². The number of rotatable bonds is 8. The number of thiazole rings is 1. The number of unbranched alkanes of at least 4 members (excludes halogenated alkanes) is 1. The molecule has 0 aliphatic heterocycles. The number of fused-ring (bicyclic) bond motifs is 2. The monoisotopic (exact) mass is 569 g/mol. The van der Waals surface area contributed by atoms with Crippen LogP contribution in [-0.2, 0) is 0 Å². The summed E-state index contributed by atoms with van der Waals surface area (Å²) in [5, 5.41) is 11.8. The smallest absolute Gasteiger partial charge is 0.291 e. The van der Waals surface area contributed by atoms with Crippen molar-refractivity contribution in [2.24, 2.45) is 0 Å². The molecular formula is C34H27N5O2S. The third kappa shape index (κ3) is 4.97. The van der Waals surface area contributed by atoms with Crippen molar-refractivity contribution in [2.45, 2.75) is 19.8 Å². The third-order valence-electron chi connectivity index (χ3n) is 7.13. The molecule has 42 heavy (non-hydrogen) atoms. The molecule has 0 amide bonds. The Balaban J connectivity index is 1.28. The van der Waals surface area contributed by atoms with Gasteiger partial charge in [0.05, 0.1) is 16.8 Å². The van der Waals surface area contributed by atoms with Gasteiger partial charge in [-0.3, -0.25) is 4.79 Å². The SMILES string of the molecule is CCCCOc1ccc(-c2nc3s/c(=C\c4cn(-c5ccccc5)nc4-c4ccc5ccccc5c4)c(=O)n3n2)cc1. The van der Waals surface area contributed by atoms with E-state index in [0.717, 1.165) is 57.4 Å². The molecule has 0 radical (unpaired) electrons. The van der Waals surface area contributed by atoms with Crippen LogP contribution in [0.15, 0.2) is 108 Å². The van der Waals surface area contributed by atoms with E-state index in [1.807, 2.05) is 83.7 Å². The molecule has 7 rings (SSSR count). The van der Waals surface area contributed by atoms with Crippen LogP contribution in [0.25, 0.3) is 50.1 Å². The Kier molecular flexibility index (Phi) is 6.81. The first-order valence-electron chi connectivity index (χ1n) is 13.9. The van der Waals surface area contributed by atoms with Crippen LogP contribution in [0, 0.1) is 0 Å². The summed E-state index contributed by atoms with van der Waals surface area (Å²) in [5.74, 6) is 1.33. The molecule has 206 valence electrons. The molecule has 4 aromatic carbocycles. The zero-order chi connectivity index (χ0) is 28.5. The molecule has 7 nitrogen and oxygen atoms in total. The molecule has 3 aromatic heterocycles. The predicted octanol–water partition coefficient (Wildman–Crippen LogP) is 6.55. The van der Waals surface area contributed by atoms with Crippen molar-refractivity contribution >= 4 is 33.1 Å². The number of aromatic nitrogens is 5. The highest BCUT2D eigenvalue weighted by molar-refractivity contribution is 7.15. The van der Waals surface area contributed by atoms with Crippen molar-refractivity contribution in [2.75, 3.05) is 6.61 Å². The van der Waals surface area contributed by atoms with Gasteiger partial charge in [0.25, 0.3) is 5.56 Å². The number of nitrogens with zero attached hydrogens (tertiary/aromatic N) is 5. The third-order valence-corrected chi connectivity index (χ3v) is 8.09. The van der Waals surface area contributed by atoms with Gasteiger partial charge in [0, 0.05) is 22.9 Å². The fraction of sp³-hybridized carbons (Fsp3) is 0.118. The summed E-state index contributed by atoms with van der Waals surface area (Å²) < 4.78 is 9.54. The number of hydrogen-bond acceptors (Lipinski definition) is 6. The standard InChI is InChI=1S/C34H27N5O2S/c1-2-3-19-41-29-17-15-24(16-18-29)32-35-34-39(37-32)33(40)30(42-34)21-27-22-38(28-11-5-4-6-12-28)36-31(27)26-14-13-23-9-7-8-10-25(23)20-26/h4-18,20-22H,2-3,19H2,1H3/b30-21-. The zero-order valence-electron chi connectivity index (χ0n) is 23.0. The van der Waals surface area contributed by atoms with E-state index >= 15 is 0 Å². The zero-order valence-corrected chi connectivity index (χ0v) is 23.8. The average Bonchev–Trinajstić information content (AvgIpc) is 3.73. The lowest BCUT2D eigenvalue weighted by Crippen LogP contribution is -2.23. The van der Waals surface area contributed by atoms with Gasteiger partial charge in [-0.25, -0.2) is 4.68 Å². The van der Waals surface area contributed by atoms with Crippen molar-refractivity contribution < 1.29 is 4.74 Å². The van der Waals surface area contributed by atoms with Crippen molar-refractivity contribution in [1.29, 1.82) is 0 Å². The highest BCUT2D eigenvalue weighted by Gasteiger charge is 2.15. The quantitative estimate of drug-likeness (QED) is 0.194. The van der Waals surface area contributed by atoms with Gasteiger partial charge in [0.1, 0.15) is 11.4 Å². The van der Waals surface area contributed by atoms with Crippen LogP contribution in [0.2, 0.25) is 0 Å². The molecule has 0 bridgehead atoms. The molecule has 3 heterocycles. The van der Waals surface area contributed by atoms with Crippen molar-refractivity contribution in [3.05, 3.63) is 124 Å². The second-order valence-corrected chi connectivity index (χ2v) is 11.1. The van der Waals surface area contributed by atoms with E-state index in [4.69, 9.17) is 9.84 Å². The Bertz CT molecular complexity index is 2130. The minimum Gasteiger partial charge on any atom is -0.494 e. The summed E-state index contributed by atoms with van der Waals surface area (Å²) >= 11 is 1.32. The number of hydrogen-bond donors (Lipinski definition) is 0. The maximum absolute atomic E-state index is 13.5. The second kappa shape index (κ2) is 11.1. The van der Waals surface area contributed by atoms with Crippen LogP contribution in [0.3, 0.4) is 0 Å². The number of benzene rings is 4. The largest absolute Gasteiger partial charge is 0.494 e. The summed E-state index contributed by atoms with van der Waals surface area (Å²) in [5.41, 5.74) is 4.19. The molecule has 8 heteroatoms. The molecule has 7 aromatic rings. The molecule has 0 spiro atoms. The van der Waals surface area contributed by atoms with Crippen LogP contribution >= 0.6 is 11.3 Å². The van der Waals surface area contributed by atoms with Crippen LogP contribution in [0.1, 0.15) is 25.3 Å². The maximum atomic E-state index is 13.5. The first-order valence-corrected chi connectivity index (χ1v) is 14.8. The van der Waals surface area contributed by atoms with Crippen LogP contribution < -0.4 is 14.8 Å². The van der Waals surface area contributed by atoms with Gasteiger partial charge in [0.2, 0.25) is 4.96 Å². The van der Waals surface area contributed by atoms with Gasteiger partial charge in [-0.05, 0) is 65.7 Å². The van der Waals surface area contributed by atoms with Crippen LogP contribution in [0.5, 0.6) is 5.75 Å². The lowest BCUT2D eigenvalue weighted by molar-refractivity contribution is 0.309. The van der Waals surface area contributed by atoms with E-state index in [-0.39, 0.29) is 5.56 Å². The van der Waals surface area contributed by atoms with Crippen molar-refractivity contribution in [1.82, 2.24) is 24.4 Å². The first kappa shape index (κ1) is 25.9. The average molecular weight is 570 g/mol. The van der Waals surface area contributed by atoms with Crippen LogP contribution in [-0.4, -0.2) is 31.0 Å². The predicted molar refractivity (Wildman–Crippen MR) is 168 cm³/mol. The van der Waals surface area contributed by atoms with Crippen LogP contribution in [0.4, 0.5) is 0 Å². The van der Waals surface area contributed by atoms with E-state index in [0.29, 0.717) is 21.9 Å². The molecule has 0 saturated carbocycles. The van der Waals surface area contributed by atoms with E-state index < -0.39 is 0 Å². The van der Waals surface area contributed by atoms with Gasteiger partial charge in [0.15, 0.2) is 5.82 Å². The summed E-state index contributed by atoms with van der Waals surface area (Å²) in [6.45, 7) is 2.83. The highest BCUT2D eigenvalue weighted by Crippen LogP contribution is 2.28. The minimum atomic E-state index is -0.204. The molecule has 0 N–H and O–H groups in total. The van der Waals surface area contributed by atoms with Crippen molar-refractivity contribution in [3.8, 4) is 34.1 Å². The van der Waals surface area contributed by atoms with Gasteiger partial charge >= 0.3 is 0 Å². The van der Waals surface area contributed by atoms with Gasteiger partial charge in [-0.15, -0.1) is 5.10 Å². The summed E-state index contributed by atoms with van der Waals surface area (Å²) in [6, 6.07) is 32.2. The Morgan fingerprint density at radius 2 is 1.62 bits per heavy atom. The van der Waals surface area contributed by atoms with E-state index in [2.05, 4.69) is 47.3 Å².